The molecule has 1 aromatic carbocycles. The zero-order valence-electron chi connectivity index (χ0n) is 11.2. The van der Waals surface area contributed by atoms with E-state index < -0.39 is 0 Å². The van der Waals surface area contributed by atoms with E-state index in [4.69, 9.17) is 5.73 Å². The molecule has 3 aromatic heterocycles. The van der Waals surface area contributed by atoms with Gasteiger partial charge in [-0.3, -0.25) is 9.55 Å². The Morgan fingerprint density at radius 2 is 2.09 bits per heavy atom. The second-order valence-corrected chi connectivity index (χ2v) is 4.65. The van der Waals surface area contributed by atoms with Crippen LogP contribution >= 0.6 is 0 Å². The number of benzene rings is 1. The first kappa shape index (κ1) is 12.3. The number of aromatic hydroxyl groups is 1. The summed E-state index contributed by atoms with van der Waals surface area (Å²) in [5.74, 6) is 0.752. The molecule has 108 valence electrons. The summed E-state index contributed by atoms with van der Waals surface area (Å²) in [6.07, 6.45) is 3.30. The Labute approximate surface area is 123 Å². The molecule has 8 nitrogen and oxygen atoms in total. The van der Waals surface area contributed by atoms with Crippen LogP contribution in [0.5, 0.6) is 5.75 Å². The standard InChI is InChI=1S/C14H10N6O2/c15-13-12(18-22-19-13)14-17-10-7-16-5-4-11(10)20(14)8-2-1-3-9(21)6-8/h1-7,21H,(H2,15,19). The molecule has 0 bridgehead atoms. The van der Waals surface area contributed by atoms with E-state index in [1.54, 1.807) is 30.6 Å². The van der Waals surface area contributed by atoms with Gasteiger partial charge in [0.2, 0.25) is 0 Å². The van der Waals surface area contributed by atoms with Gasteiger partial charge < -0.3 is 10.8 Å². The van der Waals surface area contributed by atoms with Crippen molar-refractivity contribution in [1.82, 2.24) is 24.8 Å². The van der Waals surface area contributed by atoms with Crippen molar-refractivity contribution in [2.45, 2.75) is 0 Å². The minimum Gasteiger partial charge on any atom is -0.508 e. The molecule has 0 aliphatic rings. The first-order valence-corrected chi connectivity index (χ1v) is 6.44. The number of hydrogen-bond acceptors (Lipinski definition) is 7. The highest BCUT2D eigenvalue weighted by molar-refractivity contribution is 5.83. The van der Waals surface area contributed by atoms with Crippen LogP contribution in [0.25, 0.3) is 28.2 Å². The highest BCUT2D eigenvalue weighted by Crippen LogP contribution is 2.30. The topological polar surface area (TPSA) is 116 Å². The monoisotopic (exact) mass is 294 g/mol. The number of rotatable bonds is 2. The molecule has 22 heavy (non-hydrogen) atoms. The number of imidazole rings is 1. The minimum absolute atomic E-state index is 0.143. The van der Waals surface area contributed by atoms with Crippen molar-refractivity contribution in [3.8, 4) is 23.0 Å². The fourth-order valence-electron chi connectivity index (χ4n) is 2.34. The van der Waals surface area contributed by atoms with Crippen LogP contribution in [0.1, 0.15) is 0 Å². The molecule has 0 saturated carbocycles. The Kier molecular flexibility index (Phi) is 2.55. The van der Waals surface area contributed by atoms with Gasteiger partial charge in [-0.15, -0.1) is 0 Å². The maximum atomic E-state index is 9.74. The van der Waals surface area contributed by atoms with Crippen LogP contribution in [0, 0.1) is 0 Å². The van der Waals surface area contributed by atoms with Gasteiger partial charge in [-0.05, 0) is 28.5 Å². The minimum atomic E-state index is 0.143. The average molecular weight is 294 g/mol. The molecular formula is C14H10N6O2. The zero-order valence-corrected chi connectivity index (χ0v) is 11.2. The van der Waals surface area contributed by atoms with Gasteiger partial charge in [0.15, 0.2) is 17.3 Å². The number of hydrogen-bond donors (Lipinski definition) is 2. The van der Waals surface area contributed by atoms with Gasteiger partial charge in [0.25, 0.3) is 0 Å². The van der Waals surface area contributed by atoms with Gasteiger partial charge in [0.05, 0.1) is 17.4 Å². The summed E-state index contributed by atoms with van der Waals surface area (Å²) in [7, 11) is 0. The van der Waals surface area contributed by atoms with Crippen LogP contribution in [0.15, 0.2) is 47.4 Å². The number of anilines is 1. The lowest BCUT2D eigenvalue weighted by molar-refractivity contribution is 0.310. The van der Waals surface area contributed by atoms with Crippen LogP contribution in [0.4, 0.5) is 5.82 Å². The van der Waals surface area contributed by atoms with Crippen molar-refractivity contribution in [2.75, 3.05) is 5.73 Å². The Balaban J connectivity index is 2.09. The Morgan fingerprint density at radius 1 is 1.18 bits per heavy atom. The van der Waals surface area contributed by atoms with E-state index in [-0.39, 0.29) is 11.6 Å². The van der Waals surface area contributed by atoms with Gasteiger partial charge in [-0.25, -0.2) is 9.61 Å². The molecule has 3 N–H and O–H groups in total. The highest BCUT2D eigenvalue weighted by atomic mass is 16.6. The molecule has 0 spiro atoms. The number of nitrogen functional groups attached to an aromatic ring is 1. The SMILES string of the molecule is Nc1nonc1-c1nc2cnccc2n1-c1cccc(O)c1. The van der Waals surface area contributed by atoms with E-state index in [1.807, 2.05) is 16.7 Å². The average Bonchev–Trinajstić information content (AvgIpc) is 3.10. The largest absolute Gasteiger partial charge is 0.508 e. The third kappa shape index (κ3) is 1.78. The van der Waals surface area contributed by atoms with Crippen molar-refractivity contribution >= 4 is 16.9 Å². The summed E-state index contributed by atoms with van der Waals surface area (Å²) in [6.45, 7) is 0. The van der Waals surface area contributed by atoms with Gasteiger partial charge in [0, 0.05) is 12.3 Å². The maximum Gasteiger partial charge on any atom is 0.199 e. The molecule has 3 heterocycles. The molecule has 4 aromatic rings. The summed E-state index contributed by atoms with van der Waals surface area (Å²) in [5.41, 5.74) is 8.31. The molecule has 0 atom stereocenters. The van der Waals surface area contributed by atoms with E-state index in [9.17, 15) is 5.11 Å². The number of nitrogens with two attached hydrogens (primary N) is 1. The molecule has 0 fully saturated rings. The van der Waals surface area contributed by atoms with E-state index >= 15 is 0 Å². The molecule has 0 saturated heterocycles. The highest BCUT2D eigenvalue weighted by Gasteiger charge is 2.20. The predicted octanol–water partition coefficient (Wildman–Crippen LogP) is 1.76. The summed E-state index contributed by atoms with van der Waals surface area (Å²) in [5, 5.41) is 17.1. The van der Waals surface area contributed by atoms with Gasteiger partial charge >= 0.3 is 0 Å². The quantitative estimate of drug-likeness (QED) is 0.578. The van der Waals surface area contributed by atoms with Gasteiger partial charge in [-0.1, -0.05) is 6.07 Å². The normalized spacial score (nSPS) is 11.1. The molecule has 0 amide bonds. The van der Waals surface area contributed by atoms with Crippen LogP contribution in [0.3, 0.4) is 0 Å². The molecule has 8 heteroatoms. The summed E-state index contributed by atoms with van der Waals surface area (Å²) in [4.78, 5) is 8.56. The summed E-state index contributed by atoms with van der Waals surface area (Å²) in [6, 6.07) is 8.62. The van der Waals surface area contributed by atoms with Crippen molar-refractivity contribution in [3.05, 3.63) is 42.7 Å². The lowest BCUT2D eigenvalue weighted by Crippen LogP contribution is -1.99. The van der Waals surface area contributed by atoms with Crippen molar-refractivity contribution in [1.29, 1.82) is 0 Å². The lowest BCUT2D eigenvalue weighted by Gasteiger charge is -2.08. The van der Waals surface area contributed by atoms with E-state index in [2.05, 4.69) is 24.9 Å². The number of phenols is 1. The van der Waals surface area contributed by atoms with E-state index in [0.717, 1.165) is 5.52 Å². The summed E-state index contributed by atoms with van der Waals surface area (Å²) >= 11 is 0. The van der Waals surface area contributed by atoms with E-state index in [0.29, 0.717) is 22.7 Å². The van der Waals surface area contributed by atoms with Crippen LogP contribution in [-0.2, 0) is 0 Å². The molecule has 0 radical (unpaired) electrons. The number of phenolic OH excluding ortho intramolecular Hbond substituents is 1. The number of pyridine rings is 1. The molecule has 4 rings (SSSR count). The maximum absolute atomic E-state index is 9.74. The Morgan fingerprint density at radius 3 is 2.86 bits per heavy atom. The third-order valence-corrected chi connectivity index (χ3v) is 3.27. The first-order chi connectivity index (χ1) is 10.7. The number of nitrogens with zero attached hydrogens (tertiary/aromatic N) is 5. The Hall–Kier alpha value is -3.42. The van der Waals surface area contributed by atoms with Gasteiger partial charge in [-0.2, -0.15) is 0 Å². The van der Waals surface area contributed by atoms with Crippen LogP contribution in [-0.4, -0.2) is 30.0 Å². The fourth-order valence-corrected chi connectivity index (χ4v) is 2.34. The number of fused-ring (bicyclic) bond motifs is 1. The second kappa shape index (κ2) is 4.55. The molecular weight excluding hydrogens is 284 g/mol. The third-order valence-electron chi connectivity index (χ3n) is 3.27. The number of aromatic nitrogens is 5. The molecule has 0 aliphatic heterocycles. The predicted molar refractivity (Wildman–Crippen MR) is 78.2 cm³/mol. The zero-order chi connectivity index (χ0) is 15.1. The fraction of sp³-hybridized carbons (Fsp3) is 0. The van der Waals surface area contributed by atoms with Crippen molar-refractivity contribution in [3.63, 3.8) is 0 Å². The van der Waals surface area contributed by atoms with Crippen molar-refractivity contribution in [2.24, 2.45) is 0 Å². The second-order valence-electron chi connectivity index (χ2n) is 4.65. The lowest BCUT2D eigenvalue weighted by atomic mass is 10.2. The van der Waals surface area contributed by atoms with Crippen LogP contribution < -0.4 is 5.73 Å². The molecule has 0 unspecified atom stereocenters. The smallest absolute Gasteiger partial charge is 0.199 e. The molecule has 0 aliphatic carbocycles. The van der Waals surface area contributed by atoms with Gasteiger partial charge in [0.1, 0.15) is 11.3 Å². The van der Waals surface area contributed by atoms with Crippen LogP contribution in [0.2, 0.25) is 0 Å². The van der Waals surface area contributed by atoms with Crippen molar-refractivity contribution < 1.29 is 9.74 Å². The van der Waals surface area contributed by atoms with E-state index in [1.165, 1.54) is 0 Å². The first-order valence-electron chi connectivity index (χ1n) is 6.44. The summed E-state index contributed by atoms with van der Waals surface area (Å²) < 4.78 is 6.48. The Bertz CT molecular complexity index is 974.